The Hall–Kier alpha value is -2.51. The summed E-state index contributed by atoms with van der Waals surface area (Å²) >= 11 is 5.61. The third-order valence-corrected chi connectivity index (χ3v) is 6.13. The first-order chi connectivity index (χ1) is 14.5. The largest absolute Gasteiger partial charge is 0.371 e. The zero-order chi connectivity index (χ0) is 21.1. The number of hydrogen-bond acceptors (Lipinski definition) is 4. The Morgan fingerprint density at radius 1 is 1.03 bits per heavy atom. The van der Waals surface area contributed by atoms with Gasteiger partial charge in [-0.3, -0.25) is 4.90 Å². The quantitative estimate of drug-likeness (QED) is 0.529. The molecule has 5 nitrogen and oxygen atoms in total. The van der Waals surface area contributed by atoms with Gasteiger partial charge in [0, 0.05) is 37.9 Å². The molecule has 2 heterocycles. The fourth-order valence-corrected chi connectivity index (χ4v) is 4.27. The summed E-state index contributed by atoms with van der Waals surface area (Å²) in [5, 5.41) is 4.70. The van der Waals surface area contributed by atoms with E-state index in [2.05, 4.69) is 41.1 Å². The normalized spacial score (nSPS) is 14.5. The van der Waals surface area contributed by atoms with Crippen LogP contribution in [0.3, 0.4) is 0 Å². The lowest BCUT2D eigenvalue weighted by Crippen LogP contribution is -2.31. The topological polar surface area (TPSA) is 29.2 Å². The SMILES string of the molecule is CN(Cc1ccccc1N1CCCCC1)Cn1nc(-c2ccc(F)cc2)n(C)c1=S. The maximum atomic E-state index is 13.3. The number of hydrogen-bond donors (Lipinski definition) is 0. The van der Waals surface area contributed by atoms with Crippen LogP contribution in [0.15, 0.2) is 48.5 Å². The van der Waals surface area contributed by atoms with Gasteiger partial charge in [-0.1, -0.05) is 18.2 Å². The number of halogens is 1. The minimum atomic E-state index is -0.258. The molecule has 1 aliphatic rings. The third-order valence-electron chi connectivity index (χ3n) is 5.65. The van der Waals surface area contributed by atoms with E-state index in [1.54, 1.807) is 12.1 Å². The van der Waals surface area contributed by atoms with Crippen molar-refractivity contribution in [2.75, 3.05) is 25.0 Å². The summed E-state index contributed by atoms with van der Waals surface area (Å²) in [5.74, 6) is 0.480. The van der Waals surface area contributed by atoms with Crippen molar-refractivity contribution < 1.29 is 4.39 Å². The zero-order valence-electron chi connectivity index (χ0n) is 17.6. The Labute approximate surface area is 182 Å². The van der Waals surface area contributed by atoms with Crippen molar-refractivity contribution in [3.63, 3.8) is 0 Å². The summed E-state index contributed by atoms with van der Waals surface area (Å²) in [6.45, 7) is 3.67. The molecule has 0 N–H and O–H groups in total. The first kappa shape index (κ1) is 20.8. The van der Waals surface area contributed by atoms with Gasteiger partial charge in [-0.2, -0.15) is 5.10 Å². The Bertz CT molecular complexity index is 1050. The lowest BCUT2D eigenvalue weighted by molar-refractivity contribution is 0.244. The van der Waals surface area contributed by atoms with Gasteiger partial charge in [-0.15, -0.1) is 0 Å². The highest BCUT2D eigenvalue weighted by Gasteiger charge is 2.16. The van der Waals surface area contributed by atoms with Crippen LogP contribution >= 0.6 is 12.2 Å². The van der Waals surface area contributed by atoms with Crippen LogP contribution in [0.25, 0.3) is 11.4 Å². The highest BCUT2D eigenvalue weighted by molar-refractivity contribution is 7.71. The van der Waals surface area contributed by atoms with Crippen LogP contribution in [-0.2, 0) is 20.3 Å². The summed E-state index contributed by atoms with van der Waals surface area (Å²) in [6.07, 6.45) is 3.85. The Morgan fingerprint density at radius 3 is 2.47 bits per heavy atom. The van der Waals surface area contributed by atoms with Crippen LogP contribution in [0.2, 0.25) is 0 Å². The minimum Gasteiger partial charge on any atom is -0.371 e. The molecule has 0 unspecified atom stereocenters. The predicted octanol–water partition coefficient (Wildman–Crippen LogP) is 4.84. The van der Waals surface area contributed by atoms with Crippen molar-refractivity contribution in [2.45, 2.75) is 32.5 Å². The van der Waals surface area contributed by atoms with Crippen molar-refractivity contribution in [2.24, 2.45) is 7.05 Å². The van der Waals surface area contributed by atoms with Gasteiger partial charge in [0.05, 0.1) is 6.67 Å². The standard InChI is InChI=1S/C23H28FN5S/c1-26(16-19-8-4-5-9-21(19)28-14-6-3-7-15-28)17-29-23(30)27(2)22(25-29)18-10-12-20(24)13-11-18/h4-5,8-13H,3,6-7,14-17H2,1-2H3. The van der Waals surface area contributed by atoms with E-state index in [0.29, 0.717) is 11.4 Å². The third kappa shape index (κ3) is 4.47. The van der Waals surface area contributed by atoms with Crippen LogP contribution in [0.4, 0.5) is 10.1 Å². The number of rotatable bonds is 6. The second kappa shape index (κ2) is 9.10. The fourth-order valence-electron chi connectivity index (χ4n) is 4.09. The van der Waals surface area contributed by atoms with Gasteiger partial charge in [0.1, 0.15) is 5.82 Å². The van der Waals surface area contributed by atoms with Gasteiger partial charge < -0.3 is 9.47 Å². The van der Waals surface area contributed by atoms with Crippen LogP contribution in [-0.4, -0.2) is 39.4 Å². The van der Waals surface area contributed by atoms with E-state index in [1.807, 2.05) is 16.3 Å². The average Bonchev–Trinajstić information content (AvgIpc) is 3.04. The van der Waals surface area contributed by atoms with Crippen molar-refractivity contribution in [1.29, 1.82) is 0 Å². The number of para-hydroxylation sites is 1. The molecular formula is C23H28FN5S. The number of piperidine rings is 1. The van der Waals surface area contributed by atoms with Crippen LogP contribution in [0.5, 0.6) is 0 Å². The molecule has 1 aliphatic heterocycles. The first-order valence-electron chi connectivity index (χ1n) is 10.4. The molecule has 4 rings (SSSR count). The van der Waals surface area contributed by atoms with Crippen LogP contribution in [0, 0.1) is 10.6 Å². The molecule has 7 heteroatoms. The van der Waals surface area contributed by atoms with E-state index < -0.39 is 0 Å². The molecule has 1 aromatic heterocycles. The van der Waals surface area contributed by atoms with Crippen LogP contribution < -0.4 is 4.90 Å². The molecule has 0 saturated carbocycles. The zero-order valence-corrected chi connectivity index (χ0v) is 18.4. The first-order valence-corrected chi connectivity index (χ1v) is 10.8. The molecule has 1 fully saturated rings. The predicted molar refractivity (Wildman–Crippen MR) is 121 cm³/mol. The molecule has 30 heavy (non-hydrogen) atoms. The Balaban J connectivity index is 1.51. The smallest absolute Gasteiger partial charge is 0.199 e. The molecule has 1 saturated heterocycles. The number of benzene rings is 2. The average molecular weight is 426 g/mol. The van der Waals surface area contributed by atoms with E-state index in [9.17, 15) is 4.39 Å². The minimum absolute atomic E-state index is 0.258. The molecule has 0 spiro atoms. The highest BCUT2D eigenvalue weighted by atomic mass is 32.1. The molecule has 0 bridgehead atoms. The molecule has 158 valence electrons. The molecule has 3 aromatic rings. The number of anilines is 1. The lowest BCUT2D eigenvalue weighted by atomic mass is 10.1. The second-order valence-corrected chi connectivity index (χ2v) is 8.37. The van der Waals surface area contributed by atoms with E-state index >= 15 is 0 Å². The van der Waals surface area contributed by atoms with Gasteiger partial charge >= 0.3 is 0 Å². The Kier molecular flexibility index (Phi) is 6.29. The monoisotopic (exact) mass is 425 g/mol. The molecule has 0 aliphatic carbocycles. The highest BCUT2D eigenvalue weighted by Crippen LogP contribution is 2.25. The molecule has 0 amide bonds. The summed E-state index contributed by atoms with van der Waals surface area (Å²) in [5.41, 5.74) is 3.51. The van der Waals surface area contributed by atoms with Crippen molar-refractivity contribution >= 4 is 17.9 Å². The molecule has 2 aromatic carbocycles. The molecule has 0 radical (unpaired) electrons. The summed E-state index contributed by atoms with van der Waals surface area (Å²) < 4.78 is 17.6. The summed E-state index contributed by atoms with van der Waals surface area (Å²) in [7, 11) is 3.98. The Morgan fingerprint density at radius 2 is 1.73 bits per heavy atom. The van der Waals surface area contributed by atoms with E-state index in [-0.39, 0.29) is 5.82 Å². The maximum absolute atomic E-state index is 13.3. The maximum Gasteiger partial charge on any atom is 0.199 e. The molecular weight excluding hydrogens is 397 g/mol. The van der Waals surface area contributed by atoms with E-state index in [1.165, 1.54) is 42.6 Å². The van der Waals surface area contributed by atoms with Crippen molar-refractivity contribution in [3.8, 4) is 11.4 Å². The second-order valence-electron chi connectivity index (χ2n) is 8.00. The van der Waals surface area contributed by atoms with Crippen molar-refractivity contribution in [1.82, 2.24) is 19.2 Å². The van der Waals surface area contributed by atoms with Gasteiger partial charge in [0.15, 0.2) is 10.6 Å². The van der Waals surface area contributed by atoms with Crippen LogP contribution in [0.1, 0.15) is 24.8 Å². The lowest BCUT2D eigenvalue weighted by Gasteiger charge is -2.31. The van der Waals surface area contributed by atoms with Gasteiger partial charge in [-0.05, 0) is 74.4 Å². The summed E-state index contributed by atoms with van der Waals surface area (Å²) in [6, 6.07) is 15.0. The van der Waals surface area contributed by atoms with Gasteiger partial charge in [0.25, 0.3) is 0 Å². The van der Waals surface area contributed by atoms with Crippen molar-refractivity contribution in [3.05, 3.63) is 64.7 Å². The molecule has 0 atom stereocenters. The number of aromatic nitrogens is 3. The summed E-state index contributed by atoms with van der Waals surface area (Å²) in [4.78, 5) is 4.73. The van der Waals surface area contributed by atoms with Gasteiger partial charge in [0.2, 0.25) is 0 Å². The van der Waals surface area contributed by atoms with E-state index in [4.69, 9.17) is 17.3 Å². The van der Waals surface area contributed by atoms with E-state index in [0.717, 1.165) is 31.0 Å². The fraction of sp³-hybridized carbons (Fsp3) is 0.391. The van der Waals surface area contributed by atoms with Gasteiger partial charge in [-0.25, -0.2) is 9.07 Å². The number of nitrogens with zero attached hydrogens (tertiary/aromatic N) is 5.